The van der Waals surface area contributed by atoms with E-state index in [1.807, 2.05) is 0 Å². The summed E-state index contributed by atoms with van der Waals surface area (Å²) >= 11 is 0. The zero-order chi connectivity index (χ0) is 12.9. The van der Waals surface area contributed by atoms with Crippen LogP contribution < -0.4 is 0 Å². The molecule has 0 bridgehead atoms. The van der Waals surface area contributed by atoms with Gasteiger partial charge < -0.3 is 0 Å². The molecule has 2 aromatic carbocycles. The summed E-state index contributed by atoms with van der Waals surface area (Å²) in [5.41, 5.74) is 8.36. The molecule has 0 atom stereocenters. The second-order valence-corrected chi connectivity index (χ2v) is 5.55. The van der Waals surface area contributed by atoms with Crippen molar-refractivity contribution in [1.82, 2.24) is 4.90 Å². The summed E-state index contributed by atoms with van der Waals surface area (Å²) in [5.74, 6) is 0. The van der Waals surface area contributed by atoms with Gasteiger partial charge in [0.2, 0.25) is 0 Å². The summed E-state index contributed by atoms with van der Waals surface area (Å²) in [6.45, 7) is 4.34. The molecule has 0 saturated carbocycles. The van der Waals surface area contributed by atoms with Crippen molar-refractivity contribution < 1.29 is 0 Å². The standard InChI is InChI=1S/C17H19N/c1-11-5-7-13-14-8-6-12(2)10-16(14)17(18(3)4)15(13)9-11/h5-10,17H,1-4H3. The lowest BCUT2D eigenvalue weighted by Crippen LogP contribution is -2.19. The van der Waals surface area contributed by atoms with Crippen molar-refractivity contribution in [2.24, 2.45) is 0 Å². The number of benzene rings is 2. The smallest absolute Gasteiger partial charge is 0.0609 e. The molecule has 0 heterocycles. The molecule has 0 unspecified atom stereocenters. The zero-order valence-electron chi connectivity index (χ0n) is 11.5. The van der Waals surface area contributed by atoms with Gasteiger partial charge in [0.25, 0.3) is 0 Å². The lowest BCUT2D eigenvalue weighted by Gasteiger charge is -2.22. The Morgan fingerprint density at radius 1 is 0.778 bits per heavy atom. The molecule has 2 aromatic rings. The Morgan fingerprint density at radius 2 is 1.22 bits per heavy atom. The quantitative estimate of drug-likeness (QED) is 0.726. The molecule has 0 spiro atoms. The molecule has 0 aliphatic heterocycles. The fourth-order valence-electron chi connectivity index (χ4n) is 3.03. The van der Waals surface area contributed by atoms with Gasteiger partial charge >= 0.3 is 0 Å². The van der Waals surface area contributed by atoms with Gasteiger partial charge in [-0.2, -0.15) is 0 Å². The third kappa shape index (κ3) is 1.58. The van der Waals surface area contributed by atoms with Crippen molar-refractivity contribution in [1.29, 1.82) is 0 Å². The minimum Gasteiger partial charge on any atom is -0.299 e. The van der Waals surface area contributed by atoms with Crippen LogP contribution in [-0.2, 0) is 0 Å². The van der Waals surface area contributed by atoms with Crippen LogP contribution in [0, 0.1) is 13.8 Å². The molecule has 1 heteroatoms. The number of hydrogen-bond acceptors (Lipinski definition) is 1. The fraction of sp³-hybridized carbons (Fsp3) is 0.294. The molecule has 1 nitrogen and oxygen atoms in total. The number of nitrogens with zero attached hydrogens (tertiary/aromatic N) is 1. The van der Waals surface area contributed by atoms with E-state index in [1.54, 1.807) is 0 Å². The summed E-state index contributed by atoms with van der Waals surface area (Å²) in [7, 11) is 4.32. The van der Waals surface area contributed by atoms with Crippen LogP contribution in [0.2, 0.25) is 0 Å². The van der Waals surface area contributed by atoms with Crippen LogP contribution in [0.1, 0.15) is 28.3 Å². The highest BCUT2D eigenvalue weighted by molar-refractivity contribution is 5.79. The van der Waals surface area contributed by atoms with Gasteiger partial charge in [0, 0.05) is 0 Å². The first kappa shape index (κ1) is 11.5. The Hall–Kier alpha value is -1.60. The lowest BCUT2D eigenvalue weighted by molar-refractivity contribution is 0.347. The van der Waals surface area contributed by atoms with Crippen molar-refractivity contribution >= 4 is 0 Å². The molecular formula is C17H19N. The topological polar surface area (TPSA) is 3.24 Å². The largest absolute Gasteiger partial charge is 0.299 e. The Bertz CT molecular complexity index is 560. The van der Waals surface area contributed by atoms with E-state index in [-0.39, 0.29) is 0 Å². The number of fused-ring (bicyclic) bond motifs is 3. The minimum atomic E-state index is 0.398. The SMILES string of the molecule is Cc1ccc2c(c1)C(N(C)C)c1cc(C)ccc1-2. The van der Waals surface area contributed by atoms with Crippen molar-refractivity contribution in [2.45, 2.75) is 19.9 Å². The van der Waals surface area contributed by atoms with Gasteiger partial charge in [0.1, 0.15) is 0 Å². The molecule has 92 valence electrons. The van der Waals surface area contributed by atoms with Crippen LogP contribution in [0.5, 0.6) is 0 Å². The van der Waals surface area contributed by atoms with E-state index in [1.165, 1.54) is 33.4 Å². The Labute approximate surface area is 109 Å². The van der Waals surface area contributed by atoms with Crippen molar-refractivity contribution in [2.75, 3.05) is 14.1 Å². The molecule has 0 N–H and O–H groups in total. The van der Waals surface area contributed by atoms with E-state index in [0.717, 1.165) is 0 Å². The van der Waals surface area contributed by atoms with Gasteiger partial charge in [0.05, 0.1) is 6.04 Å². The molecule has 18 heavy (non-hydrogen) atoms. The summed E-state index contributed by atoms with van der Waals surface area (Å²) < 4.78 is 0. The van der Waals surface area contributed by atoms with Gasteiger partial charge in [0.15, 0.2) is 0 Å². The molecule has 3 rings (SSSR count). The Kier molecular flexibility index (Phi) is 2.53. The first-order valence-electron chi connectivity index (χ1n) is 6.46. The molecule has 0 saturated heterocycles. The number of hydrogen-bond donors (Lipinski definition) is 0. The van der Waals surface area contributed by atoms with Crippen LogP contribution in [0.25, 0.3) is 11.1 Å². The third-order valence-electron chi connectivity index (χ3n) is 3.81. The second kappa shape index (κ2) is 3.96. The molecule has 0 aromatic heterocycles. The maximum Gasteiger partial charge on any atom is 0.0609 e. The van der Waals surface area contributed by atoms with Crippen LogP contribution in [0.3, 0.4) is 0 Å². The maximum atomic E-state index is 2.33. The zero-order valence-corrected chi connectivity index (χ0v) is 11.5. The maximum absolute atomic E-state index is 2.33. The highest BCUT2D eigenvalue weighted by atomic mass is 15.1. The highest BCUT2D eigenvalue weighted by Gasteiger charge is 2.29. The number of aryl methyl sites for hydroxylation is 2. The van der Waals surface area contributed by atoms with Crippen LogP contribution in [-0.4, -0.2) is 19.0 Å². The fourth-order valence-corrected chi connectivity index (χ4v) is 3.03. The molecule has 1 aliphatic carbocycles. The van der Waals surface area contributed by atoms with Crippen molar-refractivity contribution in [3.8, 4) is 11.1 Å². The van der Waals surface area contributed by atoms with Crippen LogP contribution >= 0.6 is 0 Å². The molecular weight excluding hydrogens is 218 g/mol. The molecule has 0 radical (unpaired) electrons. The Balaban J connectivity index is 2.29. The third-order valence-corrected chi connectivity index (χ3v) is 3.81. The minimum absolute atomic E-state index is 0.398. The lowest BCUT2D eigenvalue weighted by atomic mass is 10.0. The predicted octanol–water partition coefficient (Wildman–Crippen LogP) is 3.93. The first-order valence-corrected chi connectivity index (χ1v) is 6.46. The summed E-state index contributed by atoms with van der Waals surface area (Å²) in [4.78, 5) is 2.31. The van der Waals surface area contributed by atoms with Crippen LogP contribution in [0.4, 0.5) is 0 Å². The van der Waals surface area contributed by atoms with Gasteiger partial charge in [-0.25, -0.2) is 0 Å². The Morgan fingerprint density at radius 3 is 1.61 bits per heavy atom. The summed E-state index contributed by atoms with van der Waals surface area (Å²) in [5, 5.41) is 0. The van der Waals surface area contributed by atoms with E-state index in [2.05, 4.69) is 69.2 Å². The number of rotatable bonds is 1. The first-order chi connectivity index (χ1) is 8.58. The highest BCUT2D eigenvalue weighted by Crippen LogP contribution is 2.46. The van der Waals surface area contributed by atoms with E-state index in [9.17, 15) is 0 Å². The summed E-state index contributed by atoms with van der Waals surface area (Å²) in [6.07, 6.45) is 0. The molecule has 0 fully saturated rings. The van der Waals surface area contributed by atoms with E-state index in [0.29, 0.717) is 6.04 Å². The monoisotopic (exact) mass is 237 g/mol. The van der Waals surface area contributed by atoms with Gasteiger partial charge in [-0.15, -0.1) is 0 Å². The molecule has 1 aliphatic rings. The normalized spacial score (nSPS) is 13.8. The van der Waals surface area contributed by atoms with E-state index >= 15 is 0 Å². The van der Waals surface area contributed by atoms with Gasteiger partial charge in [-0.3, -0.25) is 4.90 Å². The van der Waals surface area contributed by atoms with Crippen LogP contribution in [0.15, 0.2) is 36.4 Å². The summed E-state index contributed by atoms with van der Waals surface area (Å²) in [6, 6.07) is 14.0. The van der Waals surface area contributed by atoms with Gasteiger partial charge in [-0.1, -0.05) is 47.5 Å². The van der Waals surface area contributed by atoms with Gasteiger partial charge in [-0.05, 0) is 50.2 Å². The molecule has 0 amide bonds. The van der Waals surface area contributed by atoms with Crippen molar-refractivity contribution in [3.63, 3.8) is 0 Å². The average molecular weight is 237 g/mol. The average Bonchev–Trinajstić information content (AvgIpc) is 2.60. The van der Waals surface area contributed by atoms with Crippen molar-refractivity contribution in [3.05, 3.63) is 58.7 Å². The second-order valence-electron chi connectivity index (χ2n) is 5.55. The van der Waals surface area contributed by atoms with E-state index < -0.39 is 0 Å². The van der Waals surface area contributed by atoms with E-state index in [4.69, 9.17) is 0 Å². The predicted molar refractivity (Wildman–Crippen MR) is 76.9 cm³/mol.